The Morgan fingerprint density at radius 1 is 0.627 bits per heavy atom. The van der Waals surface area contributed by atoms with Gasteiger partial charge in [-0.2, -0.15) is 0 Å². The molecular formula is C45H37N5O. The summed E-state index contributed by atoms with van der Waals surface area (Å²) in [6.45, 7) is 11.5. The van der Waals surface area contributed by atoms with Crippen LogP contribution in [0.15, 0.2) is 122 Å². The number of pyridine rings is 3. The van der Waals surface area contributed by atoms with Gasteiger partial charge in [0.1, 0.15) is 28.6 Å². The van der Waals surface area contributed by atoms with Gasteiger partial charge in [-0.15, -0.1) is 0 Å². The topological polar surface area (TPSA) is 57.2 Å². The molecule has 0 aliphatic carbocycles. The van der Waals surface area contributed by atoms with Crippen molar-refractivity contribution in [3.8, 4) is 28.6 Å². The molecule has 0 atom stereocenters. The second kappa shape index (κ2) is 10.7. The highest BCUT2D eigenvalue weighted by Crippen LogP contribution is 2.54. The monoisotopic (exact) mass is 663 g/mol. The first kappa shape index (κ1) is 29.9. The fourth-order valence-corrected chi connectivity index (χ4v) is 9.28. The summed E-state index contributed by atoms with van der Waals surface area (Å²) < 4.78 is 11.2. The van der Waals surface area contributed by atoms with E-state index in [1.54, 1.807) is 0 Å². The molecule has 4 aromatic carbocycles. The average molecular weight is 664 g/mol. The molecule has 6 nitrogen and oxygen atoms in total. The smallest absolute Gasteiger partial charge is 0.147 e. The highest BCUT2D eigenvalue weighted by molar-refractivity contribution is 6.13. The van der Waals surface area contributed by atoms with Crippen molar-refractivity contribution in [1.29, 1.82) is 0 Å². The van der Waals surface area contributed by atoms with Gasteiger partial charge in [-0.3, -0.25) is 8.97 Å². The maximum atomic E-state index is 6.73. The van der Waals surface area contributed by atoms with E-state index in [-0.39, 0.29) is 5.41 Å². The summed E-state index contributed by atoms with van der Waals surface area (Å²) in [4.78, 5) is 15.0. The maximum Gasteiger partial charge on any atom is 0.147 e. The minimum atomic E-state index is -0.158. The molecule has 51 heavy (non-hydrogen) atoms. The molecule has 0 bridgehead atoms. The van der Waals surface area contributed by atoms with E-state index in [0.29, 0.717) is 11.8 Å². The van der Waals surface area contributed by atoms with E-state index in [2.05, 4.69) is 141 Å². The molecule has 1 aliphatic heterocycles. The Kier molecular flexibility index (Phi) is 6.29. The summed E-state index contributed by atoms with van der Waals surface area (Å²) in [7, 11) is 0. The number of imidazole rings is 1. The largest absolute Gasteiger partial charge is 0.457 e. The second-order valence-corrected chi connectivity index (χ2v) is 14.6. The number of benzene rings is 4. The van der Waals surface area contributed by atoms with E-state index in [1.165, 1.54) is 33.0 Å². The summed E-state index contributed by atoms with van der Waals surface area (Å²) in [6, 6.07) is 36.4. The highest BCUT2D eigenvalue weighted by Gasteiger charge is 2.47. The molecule has 0 spiro atoms. The zero-order valence-electron chi connectivity index (χ0n) is 29.3. The Hall–Kier alpha value is -6.01. The van der Waals surface area contributed by atoms with Gasteiger partial charge in [0, 0.05) is 62.7 Å². The van der Waals surface area contributed by atoms with Crippen molar-refractivity contribution in [2.24, 2.45) is 11.8 Å². The normalized spacial score (nSPS) is 13.7. The molecule has 0 unspecified atom stereocenters. The van der Waals surface area contributed by atoms with E-state index < -0.39 is 0 Å². The van der Waals surface area contributed by atoms with Gasteiger partial charge in [0.05, 0.1) is 16.7 Å². The lowest BCUT2D eigenvalue weighted by atomic mass is 9.59. The molecule has 0 saturated carbocycles. The lowest BCUT2D eigenvalue weighted by Gasteiger charge is -2.46. The molecule has 0 fully saturated rings. The van der Waals surface area contributed by atoms with Crippen LogP contribution in [0.4, 0.5) is 0 Å². The van der Waals surface area contributed by atoms with Gasteiger partial charge < -0.3 is 4.74 Å². The van der Waals surface area contributed by atoms with Crippen LogP contribution in [-0.2, 0) is 5.41 Å². The van der Waals surface area contributed by atoms with Crippen LogP contribution in [0.25, 0.3) is 66.3 Å². The number of rotatable bonds is 5. The van der Waals surface area contributed by atoms with E-state index in [9.17, 15) is 0 Å². The van der Waals surface area contributed by atoms with Crippen LogP contribution in [0.3, 0.4) is 0 Å². The van der Waals surface area contributed by atoms with E-state index in [1.807, 2.05) is 24.5 Å². The van der Waals surface area contributed by atoms with Crippen molar-refractivity contribution in [3.05, 3.63) is 138 Å². The first-order valence-corrected chi connectivity index (χ1v) is 17.8. The third-order valence-electron chi connectivity index (χ3n) is 11.4. The third-order valence-corrected chi connectivity index (χ3v) is 11.4. The number of para-hydroxylation sites is 1. The summed E-state index contributed by atoms with van der Waals surface area (Å²) >= 11 is 0. The van der Waals surface area contributed by atoms with Crippen LogP contribution in [0, 0.1) is 18.8 Å². The number of hydrogen-bond acceptors (Lipinski definition) is 4. The van der Waals surface area contributed by atoms with Crippen LogP contribution in [0.5, 0.6) is 11.5 Å². The standard InChI is InChI=1S/C45H37N5O/c1-26(2)45(27(3)4)37-15-8-13-34-33-20-18-30(24-40(33)50(41(34)37)44-38(45)16-10-22-47-44)51-29-17-19-32-35-14-9-21-46-42(35)49-25-39(48-43(49)36(32)23-29)31-12-7-6-11-28(31)5/h6-27H,1-5H3. The molecule has 0 amide bonds. The number of ether oxygens (including phenoxy) is 1. The van der Waals surface area contributed by atoms with Gasteiger partial charge in [-0.25, -0.2) is 15.0 Å². The summed E-state index contributed by atoms with van der Waals surface area (Å²) in [5, 5.41) is 5.61. The minimum Gasteiger partial charge on any atom is -0.457 e. The molecule has 0 radical (unpaired) electrons. The number of aromatic nitrogens is 5. The number of hydrogen-bond donors (Lipinski definition) is 0. The molecule has 9 aromatic rings. The van der Waals surface area contributed by atoms with Gasteiger partial charge in [0.25, 0.3) is 0 Å². The van der Waals surface area contributed by atoms with Crippen molar-refractivity contribution in [1.82, 2.24) is 23.9 Å². The van der Waals surface area contributed by atoms with Gasteiger partial charge >= 0.3 is 0 Å². The molecular weight excluding hydrogens is 627 g/mol. The third kappa shape index (κ3) is 4.01. The lowest BCUT2D eigenvalue weighted by Crippen LogP contribution is -2.42. The van der Waals surface area contributed by atoms with Crippen molar-refractivity contribution >= 4 is 49.3 Å². The molecule has 0 saturated heterocycles. The Morgan fingerprint density at radius 3 is 2.18 bits per heavy atom. The molecule has 6 heteroatoms. The minimum absolute atomic E-state index is 0.158. The second-order valence-electron chi connectivity index (χ2n) is 14.6. The van der Waals surface area contributed by atoms with Crippen molar-refractivity contribution < 1.29 is 4.74 Å². The van der Waals surface area contributed by atoms with E-state index in [4.69, 9.17) is 19.7 Å². The quantitative estimate of drug-likeness (QED) is 0.172. The first-order valence-electron chi connectivity index (χ1n) is 17.8. The van der Waals surface area contributed by atoms with E-state index >= 15 is 0 Å². The zero-order valence-corrected chi connectivity index (χ0v) is 29.3. The Bertz CT molecular complexity index is 2870. The van der Waals surface area contributed by atoms with Crippen molar-refractivity contribution in [3.63, 3.8) is 0 Å². The molecule has 6 heterocycles. The van der Waals surface area contributed by atoms with Gasteiger partial charge in [-0.1, -0.05) is 76.2 Å². The van der Waals surface area contributed by atoms with Crippen molar-refractivity contribution in [2.75, 3.05) is 0 Å². The predicted octanol–water partition coefficient (Wildman–Crippen LogP) is 11.2. The van der Waals surface area contributed by atoms with Crippen LogP contribution >= 0.6 is 0 Å². The lowest BCUT2D eigenvalue weighted by molar-refractivity contribution is 0.271. The molecule has 10 rings (SSSR count). The fraction of sp³-hybridized carbons (Fsp3) is 0.178. The SMILES string of the molecule is Cc1ccccc1-c1cn2c3ncccc3c3ccc(Oc4ccc5c6cccc7c6n(c5c4)-c4ncccc4C7(C(C)C)C(C)C)cc3c2n1. The highest BCUT2D eigenvalue weighted by atomic mass is 16.5. The average Bonchev–Trinajstić information content (AvgIpc) is 3.73. The predicted molar refractivity (Wildman–Crippen MR) is 207 cm³/mol. The zero-order chi connectivity index (χ0) is 34.6. The molecule has 0 N–H and O–H groups in total. The molecule has 248 valence electrons. The summed E-state index contributed by atoms with van der Waals surface area (Å²) in [6.07, 6.45) is 5.87. The Labute approximate surface area is 296 Å². The van der Waals surface area contributed by atoms with Gasteiger partial charge in [0.15, 0.2) is 0 Å². The number of aryl methyl sites for hydroxylation is 1. The molecule has 5 aromatic heterocycles. The van der Waals surface area contributed by atoms with E-state index in [0.717, 1.165) is 61.5 Å². The van der Waals surface area contributed by atoms with Crippen molar-refractivity contribution in [2.45, 2.75) is 40.0 Å². The first-order chi connectivity index (χ1) is 24.9. The maximum absolute atomic E-state index is 6.73. The van der Waals surface area contributed by atoms with Gasteiger partial charge in [-0.05, 0) is 83.8 Å². The number of nitrogens with zero attached hydrogens (tertiary/aromatic N) is 5. The summed E-state index contributed by atoms with van der Waals surface area (Å²) in [5.74, 6) is 3.29. The Balaban J connectivity index is 1.16. The molecule has 1 aliphatic rings. The van der Waals surface area contributed by atoms with Crippen LogP contribution in [0.2, 0.25) is 0 Å². The van der Waals surface area contributed by atoms with Gasteiger partial charge in [0.2, 0.25) is 0 Å². The van der Waals surface area contributed by atoms with Crippen LogP contribution in [-0.4, -0.2) is 23.9 Å². The Morgan fingerprint density at radius 2 is 1.35 bits per heavy atom. The van der Waals surface area contributed by atoms with Crippen LogP contribution in [0.1, 0.15) is 44.4 Å². The van der Waals surface area contributed by atoms with Crippen LogP contribution < -0.4 is 4.74 Å². The fourth-order valence-electron chi connectivity index (χ4n) is 9.28. The number of fused-ring (bicyclic) bond motifs is 11. The summed E-state index contributed by atoms with van der Waals surface area (Å²) in [5.41, 5.74) is 9.78.